The molecule has 0 spiro atoms. The molecule has 0 aromatic heterocycles. The van der Waals surface area contributed by atoms with E-state index in [2.05, 4.69) is 67.8 Å². The third-order valence-electron chi connectivity index (χ3n) is 9.60. The van der Waals surface area contributed by atoms with Crippen molar-refractivity contribution in [1.82, 2.24) is 5.32 Å². The quantitative estimate of drug-likeness (QED) is 0.0447. The molecule has 0 rings (SSSR count). The van der Waals surface area contributed by atoms with Gasteiger partial charge in [0.05, 0.1) is 18.8 Å². The van der Waals surface area contributed by atoms with Crippen LogP contribution in [0.25, 0.3) is 0 Å². The predicted molar refractivity (Wildman–Crippen MR) is 216 cm³/mol. The lowest BCUT2D eigenvalue weighted by molar-refractivity contribution is -0.123. The van der Waals surface area contributed by atoms with Crippen molar-refractivity contribution in [2.24, 2.45) is 0 Å². The van der Waals surface area contributed by atoms with Gasteiger partial charge >= 0.3 is 0 Å². The zero-order chi connectivity index (χ0) is 35.7. The summed E-state index contributed by atoms with van der Waals surface area (Å²) in [6.45, 7) is 4.24. The zero-order valence-electron chi connectivity index (χ0n) is 32.7. The van der Waals surface area contributed by atoms with E-state index in [0.29, 0.717) is 12.8 Å². The Kier molecular flexibility index (Phi) is 39.4. The highest BCUT2D eigenvalue weighted by Crippen LogP contribution is 2.15. The molecule has 0 heterocycles. The Labute approximate surface area is 305 Å². The minimum atomic E-state index is -0.661. The van der Waals surface area contributed by atoms with Gasteiger partial charge in [-0.05, 0) is 51.4 Å². The van der Waals surface area contributed by atoms with Gasteiger partial charge in [0.25, 0.3) is 0 Å². The highest BCUT2D eigenvalue weighted by Gasteiger charge is 2.19. The largest absolute Gasteiger partial charge is 0.394 e. The Morgan fingerprint density at radius 3 is 1.35 bits per heavy atom. The number of rotatable bonds is 38. The molecule has 1 amide bonds. The van der Waals surface area contributed by atoms with Crippen LogP contribution in [0, 0.1) is 0 Å². The topological polar surface area (TPSA) is 69.6 Å². The van der Waals surface area contributed by atoms with E-state index < -0.39 is 12.1 Å². The lowest BCUT2D eigenvalue weighted by atomic mass is 10.0. The fourth-order valence-corrected chi connectivity index (χ4v) is 6.35. The van der Waals surface area contributed by atoms with Crippen LogP contribution in [0.1, 0.15) is 213 Å². The van der Waals surface area contributed by atoms with Crippen LogP contribution in [0.2, 0.25) is 0 Å². The number of aliphatic hydroxyl groups is 2. The summed E-state index contributed by atoms with van der Waals surface area (Å²) >= 11 is 0. The lowest BCUT2D eigenvalue weighted by Gasteiger charge is -2.22. The van der Waals surface area contributed by atoms with Crippen molar-refractivity contribution in [1.29, 1.82) is 0 Å². The summed E-state index contributed by atoms with van der Waals surface area (Å²) in [4.78, 5) is 12.4. The zero-order valence-corrected chi connectivity index (χ0v) is 32.7. The molecule has 0 aliphatic heterocycles. The number of hydrogen-bond acceptors (Lipinski definition) is 3. The molecule has 2 atom stereocenters. The molecule has 0 saturated heterocycles. The molecule has 0 aliphatic carbocycles. The molecule has 4 heteroatoms. The van der Waals surface area contributed by atoms with Crippen molar-refractivity contribution >= 4 is 5.91 Å². The lowest BCUT2D eigenvalue weighted by Crippen LogP contribution is -2.45. The first-order valence-electron chi connectivity index (χ1n) is 21.3. The maximum Gasteiger partial charge on any atom is 0.220 e. The second-order valence-corrected chi connectivity index (χ2v) is 14.4. The summed E-state index contributed by atoms with van der Waals surface area (Å²) in [5, 5.41) is 23.1. The Morgan fingerprint density at radius 1 is 0.510 bits per heavy atom. The first-order valence-corrected chi connectivity index (χ1v) is 21.3. The van der Waals surface area contributed by atoms with Gasteiger partial charge in [-0.15, -0.1) is 0 Å². The highest BCUT2D eigenvalue weighted by atomic mass is 16.3. The molecule has 49 heavy (non-hydrogen) atoms. The Balaban J connectivity index is 3.54. The number of amides is 1. The first kappa shape index (κ1) is 47.4. The van der Waals surface area contributed by atoms with Gasteiger partial charge in [-0.1, -0.05) is 204 Å². The van der Waals surface area contributed by atoms with Gasteiger partial charge in [0.15, 0.2) is 0 Å². The van der Waals surface area contributed by atoms with Gasteiger partial charge in [0.1, 0.15) is 0 Å². The average Bonchev–Trinajstić information content (AvgIpc) is 3.10. The normalized spacial score (nSPS) is 13.5. The number of carbonyl (C=O) groups is 1. The van der Waals surface area contributed by atoms with Crippen molar-refractivity contribution in [2.45, 2.75) is 225 Å². The van der Waals surface area contributed by atoms with Crippen LogP contribution in [-0.2, 0) is 4.79 Å². The molecule has 2 unspecified atom stereocenters. The van der Waals surface area contributed by atoms with E-state index in [-0.39, 0.29) is 12.5 Å². The standard InChI is InChI=1S/C45H83NO3/c1-3-5-7-9-11-13-15-17-19-20-21-22-23-24-25-26-27-29-31-33-35-37-39-41-45(49)46-43(42-47)44(48)40-38-36-34-32-30-28-18-16-14-12-10-8-6-4-2/h5,7,11,13,17,19,21-22,43-44,47-48H,3-4,6,8-10,12,14-16,18,20,23-42H2,1-2H3,(H,46,49)/b7-5-,13-11-,19-17-,22-21-. The monoisotopic (exact) mass is 686 g/mol. The minimum absolute atomic E-state index is 0.0377. The number of unbranched alkanes of at least 4 members (excludes halogenated alkanes) is 23. The SMILES string of the molecule is CC/C=C\C/C=C\C/C=C\C/C=C\CCCCCCCCCCCCC(=O)NC(CO)C(O)CCCCCCCCCCCCCCCC. The van der Waals surface area contributed by atoms with Gasteiger partial charge in [0.2, 0.25) is 5.91 Å². The van der Waals surface area contributed by atoms with Crippen molar-refractivity contribution in [3.63, 3.8) is 0 Å². The molecule has 0 fully saturated rings. The summed E-state index contributed by atoms with van der Waals surface area (Å²) in [6.07, 6.45) is 54.6. The van der Waals surface area contributed by atoms with Crippen LogP contribution in [0.5, 0.6) is 0 Å². The number of allylic oxidation sites excluding steroid dienone is 8. The predicted octanol–water partition coefficient (Wildman–Crippen LogP) is 13.2. The number of carbonyl (C=O) groups excluding carboxylic acids is 1. The fourth-order valence-electron chi connectivity index (χ4n) is 6.35. The summed E-state index contributed by atoms with van der Waals surface area (Å²) in [6, 6.07) is -0.539. The molecule has 0 aromatic carbocycles. The van der Waals surface area contributed by atoms with Gasteiger partial charge in [-0.2, -0.15) is 0 Å². The summed E-state index contributed by atoms with van der Waals surface area (Å²) < 4.78 is 0. The minimum Gasteiger partial charge on any atom is -0.394 e. The molecule has 0 aromatic rings. The van der Waals surface area contributed by atoms with Crippen LogP contribution in [0.3, 0.4) is 0 Å². The van der Waals surface area contributed by atoms with Crippen molar-refractivity contribution in [3.05, 3.63) is 48.6 Å². The van der Waals surface area contributed by atoms with E-state index in [4.69, 9.17) is 0 Å². The smallest absolute Gasteiger partial charge is 0.220 e. The molecular formula is C45H83NO3. The van der Waals surface area contributed by atoms with Crippen LogP contribution in [0.15, 0.2) is 48.6 Å². The van der Waals surface area contributed by atoms with Gasteiger partial charge in [-0.3, -0.25) is 4.79 Å². The Bertz CT molecular complexity index is 786. The fraction of sp³-hybridized carbons (Fsp3) is 0.800. The van der Waals surface area contributed by atoms with Crippen molar-refractivity contribution in [3.8, 4) is 0 Å². The third kappa shape index (κ3) is 37.4. The van der Waals surface area contributed by atoms with E-state index in [1.807, 2.05) is 0 Å². The highest BCUT2D eigenvalue weighted by molar-refractivity contribution is 5.76. The van der Waals surface area contributed by atoms with Crippen molar-refractivity contribution in [2.75, 3.05) is 6.61 Å². The maximum atomic E-state index is 12.4. The number of aliphatic hydroxyl groups excluding tert-OH is 2. The summed E-state index contributed by atoms with van der Waals surface area (Å²) in [5.74, 6) is -0.0377. The molecule has 286 valence electrons. The second-order valence-electron chi connectivity index (χ2n) is 14.4. The number of hydrogen-bond donors (Lipinski definition) is 3. The molecular weight excluding hydrogens is 602 g/mol. The van der Waals surface area contributed by atoms with E-state index in [0.717, 1.165) is 51.4 Å². The summed E-state index contributed by atoms with van der Waals surface area (Å²) in [5.41, 5.74) is 0. The van der Waals surface area contributed by atoms with Crippen LogP contribution < -0.4 is 5.32 Å². The molecule has 0 bridgehead atoms. The maximum absolute atomic E-state index is 12.4. The first-order chi connectivity index (χ1) is 24.2. The molecule has 4 nitrogen and oxygen atoms in total. The second kappa shape index (κ2) is 40.8. The Morgan fingerprint density at radius 2 is 0.898 bits per heavy atom. The van der Waals surface area contributed by atoms with E-state index in [1.54, 1.807) is 0 Å². The van der Waals surface area contributed by atoms with Crippen LogP contribution in [0.4, 0.5) is 0 Å². The van der Waals surface area contributed by atoms with Gasteiger partial charge in [-0.25, -0.2) is 0 Å². The van der Waals surface area contributed by atoms with Crippen molar-refractivity contribution < 1.29 is 15.0 Å². The van der Waals surface area contributed by atoms with Crippen LogP contribution >= 0.6 is 0 Å². The molecule has 0 saturated carbocycles. The van der Waals surface area contributed by atoms with E-state index in [9.17, 15) is 15.0 Å². The molecule has 3 N–H and O–H groups in total. The molecule has 0 aliphatic rings. The molecule has 0 radical (unpaired) electrons. The third-order valence-corrected chi connectivity index (χ3v) is 9.60. The van der Waals surface area contributed by atoms with Gasteiger partial charge in [0, 0.05) is 6.42 Å². The average molecular weight is 686 g/mol. The van der Waals surface area contributed by atoms with Gasteiger partial charge < -0.3 is 15.5 Å². The van der Waals surface area contributed by atoms with E-state index in [1.165, 1.54) is 135 Å². The summed E-state index contributed by atoms with van der Waals surface area (Å²) in [7, 11) is 0. The van der Waals surface area contributed by atoms with E-state index >= 15 is 0 Å². The van der Waals surface area contributed by atoms with Crippen LogP contribution in [-0.4, -0.2) is 34.9 Å². The number of nitrogens with one attached hydrogen (secondary N) is 1. The Hall–Kier alpha value is -1.65.